The first-order valence-corrected chi connectivity index (χ1v) is 11.1. The summed E-state index contributed by atoms with van der Waals surface area (Å²) >= 11 is 0. The van der Waals surface area contributed by atoms with Crippen molar-refractivity contribution in [3.8, 4) is 17.2 Å². The third kappa shape index (κ3) is 6.04. The summed E-state index contributed by atoms with van der Waals surface area (Å²) in [6.45, 7) is 4.35. The minimum absolute atomic E-state index is 0.0527. The second-order valence-corrected chi connectivity index (χ2v) is 8.12. The maximum absolute atomic E-state index is 13.6. The summed E-state index contributed by atoms with van der Waals surface area (Å²) in [6, 6.07) is 14.1. The van der Waals surface area contributed by atoms with Crippen LogP contribution in [0.3, 0.4) is 0 Å². The van der Waals surface area contributed by atoms with E-state index >= 15 is 0 Å². The van der Waals surface area contributed by atoms with Crippen molar-refractivity contribution < 1.29 is 19.0 Å². The number of hydrogen-bond acceptors (Lipinski definition) is 5. The van der Waals surface area contributed by atoms with Gasteiger partial charge in [0.1, 0.15) is 0 Å². The molecule has 1 fully saturated rings. The number of rotatable bonds is 10. The minimum atomic E-state index is -0.0527. The van der Waals surface area contributed by atoms with Crippen LogP contribution >= 0.6 is 0 Å². The average Bonchev–Trinajstić information content (AvgIpc) is 3.34. The van der Waals surface area contributed by atoms with Gasteiger partial charge in [0.15, 0.2) is 11.5 Å². The molecule has 2 aromatic carbocycles. The van der Waals surface area contributed by atoms with Gasteiger partial charge in [-0.3, -0.25) is 4.79 Å². The lowest BCUT2D eigenvalue weighted by atomic mass is 10.1. The van der Waals surface area contributed by atoms with Crippen LogP contribution in [0, 0.1) is 0 Å². The van der Waals surface area contributed by atoms with Gasteiger partial charge < -0.3 is 24.4 Å². The third-order valence-electron chi connectivity index (χ3n) is 5.76. The number of amides is 1. The van der Waals surface area contributed by atoms with Crippen molar-refractivity contribution in [1.82, 2.24) is 10.2 Å². The number of benzene rings is 2. The molecule has 2 aromatic rings. The Hall–Kier alpha value is -2.99. The zero-order valence-corrected chi connectivity index (χ0v) is 19.5. The highest BCUT2D eigenvalue weighted by atomic mass is 16.5. The van der Waals surface area contributed by atoms with Crippen molar-refractivity contribution in [3.63, 3.8) is 0 Å². The largest absolute Gasteiger partial charge is 0.493 e. The van der Waals surface area contributed by atoms with Crippen LogP contribution in [0.1, 0.15) is 42.1 Å². The number of carbonyl (C=O) groups is 1. The van der Waals surface area contributed by atoms with E-state index in [0.29, 0.717) is 41.9 Å². The van der Waals surface area contributed by atoms with Gasteiger partial charge in [-0.25, -0.2) is 0 Å². The van der Waals surface area contributed by atoms with E-state index in [1.54, 1.807) is 33.5 Å². The van der Waals surface area contributed by atoms with Crippen molar-refractivity contribution in [1.29, 1.82) is 0 Å². The van der Waals surface area contributed by atoms with E-state index in [4.69, 9.17) is 14.2 Å². The molecule has 32 heavy (non-hydrogen) atoms. The van der Waals surface area contributed by atoms with Crippen LogP contribution in [0.2, 0.25) is 0 Å². The summed E-state index contributed by atoms with van der Waals surface area (Å²) in [4.78, 5) is 15.5. The first-order valence-electron chi connectivity index (χ1n) is 11.1. The lowest BCUT2D eigenvalue weighted by Crippen LogP contribution is -2.36. The second-order valence-electron chi connectivity index (χ2n) is 8.12. The van der Waals surface area contributed by atoms with Crippen LogP contribution in [0.5, 0.6) is 17.2 Å². The number of nitrogens with one attached hydrogen (secondary N) is 1. The van der Waals surface area contributed by atoms with Crippen molar-refractivity contribution in [2.45, 2.75) is 32.2 Å². The maximum atomic E-state index is 13.6. The van der Waals surface area contributed by atoms with Crippen LogP contribution in [0.25, 0.3) is 6.08 Å². The predicted molar refractivity (Wildman–Crippen MR) is 128 cm³/mol. The van der Waals surface area contributed by atoms with E-state index in [-0.39, 0.29) is 5.91 Å². The van der Waals surface area contributed by atoms with Gasteiger partial charge in [-0.15, -0.1) is 0 Å². The van der Waals surface area contributed by atoms with Crippen molar-refractivity contribution in [2.75, 3.05) is 41.0 Å². The molecule has 1 aliphatic rings. The third-order valence-corrected chi connectivity index (χ3v) is 5.76. The van der Waals surface area contributed by atoms with E-state index in [1.807, 2.05) is 23.1 Å². The molecule has 0 aromatic heterocycles. The lowest BCUT2D eigenvalue weighted by Gasteiger charge is -2.25. The Kier molecular flexibility index (Phi) is 8.56. The summed E-state index contributed by atoms with van der Waals surface area (Å²) in [6.07, 6.45) is 5.40. The molecule has 0 unspecified atom stereocenters. The number of hydrogen-bond donors (Lipinski definition) is 1. The smallest absolute Gasteiger partial charge is 0.254 e. The fourth-order valence-corrected chi connectivity index (χ4v) is 4.13. The Labute approximate surface area is 191 Å². The van der Waals surface area contributed by atoms with Gasteiger partial charge in [-0.05, 0) is 50.4 Å². The Morgan fingerprint density at radius 2 is 1.78 bits per heavy atom. The molecule has 3 rings (SSSR count). The van der Waals surface area contributed by atoms with Gasteiger partial charge in [0.2, 0.25) is 5.75 Å². The molecule has 6 heteroatoms. The van der Waals surface area contributed by atoms with Crippen LogP contribution in [0.15, 0.2) is 48.0 Å². The number of ether oxygens (including phenoxy) is 3. The Balaban J connectivity index is 1.86. The average molecular weight is 439 g/mol. The summed E-state index contributed by atoms with van der Waals surface area (Å²) in [7, 11) is 4.67. The number of carbonyl (C=O) groups excluding carboxylic acids is 1. The van der Waals surface area contributed by atoms with E-state index in [1.165, 1.54) is 6.42 Å². The predicted octanol–water partition coefficient (Wildman–Crippen LogP) is 4.40. The topological polar surface area (TPSA) is 60.0 Å². The van der Waals surface area contributed by atoms with E-state index < -0.39 is 0 Å². The molecular formula is C26H34N2O4. The van der Waals surface area contributed by atoms with Crippen LogP contribution in [-0.2, 0) is 0 Å². The van der Waals surface area contributed by atoms with Crippen molar-refractivity contribution in [2.24, 2.45) is 0 Å². The molecular weight excluding hydrogens is 404 g/mol. The van der Waals surface area contributed by atoms with Gasteiger partial charge in [0.05, 0.1) is 21.3 Å². The first-order chi connectivity index (χ1) is 15.5. The molecule has 6 nitrogen and oxygen atoms in total. The zero-order chi connectivity index (χ0) is 22.9. The molecule has 1 N–H and O–H groups in total. The lowest BCUT2D eigenvalue weighted by molar-refractivity contribution is 0.0764. The zero-order valence-electron chi connectivity index (χ0n) is 19.5. The van der Waals surface area contributed by atoms with Crippen LogP contribution < -0.4 is 19.5 Å². The normalized spacial score (nSPS) is 16.0. The maximum Gasteiger partial charge on any atom is 0.254 e. The quantitative estimate of drug-likeness (QED) is 0.596. The van der Waals surface area contributed by atoms with Gasteiger partial charge in [-0.2, -0.15) is 0 Å². The molecule has 1 saturated heterocycles. The fraction of sp³-hybridized carbons (Fsp3) is 0.423. The van der Waals surface area contributed by atoms with E-state index in [2.05, 4.69) is 30.4 Å². The highest BCUT2D eigenvalue weighted by Gasteiger charge is 2.23. The molecule has 0 aliphatic carbocycles. The Morgan fingerprint density at radius 3 is 2.34 bits per heavy atom. The highest BCUT2D eigenvalue weighted by molar-refractivity contribution is 5.96. The molecule has 0 spiro atoms. The summed E-state index contributed by atoms with van der Waals surface area (Å²) < 4.78 is 16.3. The molecule has 1 heterocycles. The molecule has 0 saturated carbocycles. The summed E-state index contributed by atoms with van der Waals surface area (Å²) in [5, 5.41) is 3.53. The highest BCUT2D eigenvalue weighted by Crippen LogP contribution is 2.38. The van der Waals surface area contributed by atoms with Crippen LogP contribution in [-0.4, -0.2) is 57.8 Å². The summed E-state index contributed by atoms with van der Waals surface area (Å²) in [5.41, 5.74) is 2.77. The van der Waals surface area contributed by atoms with E-state index in [0.717, 1.165) is 30.5 Å². The molecule has 1 amide bonds. The number of nitrogens with zero attached hydrogens (tertiary/aromatic N) is 1. The monoisotopic (exact) mass is 438 g/mol. The standard InChI is InChI=1S/C26H34N2O4/c1-19(15-20-9-6-5-7-10-20)18-28(14-12-22-11-8-13-27-22)26(29)21-16-23(30-2)25(32-4)24(17-21)31-3/h5-7,9-10,15-17,22,27H,8,11-14,18H2,1-4H3/b19-15+/t22-/m1/s1. The molecule has 0 bridgehead atoms. The molecule has 1 aliphatic heterocycles. The first kappa shape index (κ1) is 23.7. The van der Waals surface area contributed by atoms with Crippen molar-refractivity contribution >= 4 is 12.0 Å². The Bertz CT molecular complexity index is 896. The minimum Gasteiger partial charge on any atom is -0.493 e. The van der Waals surface area contributed by atoms with Gasteiger partial charge >= 0.3 is 0 Å². The fourth-order valence-electron chi connectivity index (χ4n) is 4.13. The second kappa shape index (κ2) is 11.6. The molecule has 0 radical (unpaired) electrons. The van der Waals surface area contributed by atoms with E-state index in [9.17, 15) is 4.79 Å². The Morgan fingerprint density at radius 1 is 1.09 bits per heavy atom. The van der Waals surface area contributed by atoms with Crippen molar-refractivity contribution in [3.05, 3.63) is 59.2 Å². The molecule has 172 valence electrons. The number of methoxy groups -OCH3 is 3. The van der Waals surface area contributed by atoms with Gasteiger partial charge in [-0.1, -0.05) is 42.0 Å². The van der Waals surface area contributed by atoms with Crippen LogP contribution in [0.4, 0.5) is 0 Å². The molecule has 1 atom stereocenters. The van der Waals surface area contributed by atoms with Gasteiger partial charge in [0, 0.05) is 24.7 Å². The SMILES string of the molecule is COc1cc(C(=O)N(CC[C@H]2CCCN2)C/C(C)=C/c2ccccc2)cc(OC)c1OC. The summed E-state index contributed by atoms with van der Waals surface area (Å²) in [5.74, 6) is 1.38. The van der Waals surface area contributed by atoms with Gasteiger partial charge in [0.25, 0.3) is 5.91 Å².